The molecule has 3 unspecified atom stereocenters. The number of nitrogens with one attached hydrogen (secondary N) is 2. The van der Waals surface area contributed by atoms with E-state index in [0.29, 0.717) is 5.25 Å². The van der Waals surface area contributed by atoms with Gasteiger partial charge in [0.15, 0.2) is 0 Å². The highest BCUT2D eigenvalue weighted by Gasteiger charge is 2.39. The van der Waals surface area contributed by atoms with E-state index in [1.54, 1.807) is 11.8 Å². The summed E-state index contributed by atoms with van der Waals surface area (Å²) in [6.07, 6.45) is 5.53. The van der Waals surface area contributed by atoms with Crippen LogP contribution < -0.4 is 10.6 Å². The molecule has 1 saturated heterocycles. The summed E-state index contributed by atoms with van der Waals surface area (Å²) in [5.41, 5.74) is 1.04. The molecule has 0 bridgehead atoms. The molecule has 158 valence electrons. The van der Waals surface area contributed by atoms with Gasteiger partial charge < -0.3 is 15.5 Å². The van der Waals surface area contributed by atoms with Gasteiger partial charge in [0, 0.05) is 23.8 Å². The predicted octanol–water partition coefficient (Wildman–Crippen LogP) is 3.28. The second-order valence-electron chi connectivity index (χ2n) is 7.84. The van der Waals surface area contributed by atoms with Crippen LogP contribution in [0.2, 0.25) is 0 Å². The molecule has 1 aliphatic heterocycles. The maximum absolute atomic E-state index is 12.6. The third-order valence-corrected chi connectivity index (χ3v) is 7.34. The van der Waals surface area contributed by atoms with Crippen LogP contribution in [0.3, 0.4) is 0 Å². The van der Waals surface area contributed by atoms with Crippen molar-refractivity contribution in [3.8, 4) is 0 Å². The van der Waals surface area contributed by atoms with Gasteiger partial charge in [0.1, 0.15) is 0 Å². The number of carbonyl (C=O) groups excluding carboxylic acids is 2. The van der Waals surface area contributed by atoms with Crippen molar-refractivity contribution < 1.29 is 9.59 Å². The summed E-state index contributed by atoms with van der Waals surface area (Å²) in [6, 6.07) is 10.0. The number of benzene rings is 1. The molecule has 1 aromatic carbocycles. The van der Waals surface area contributed by atoms with Gasteiger partial charge in [0.2, 0.25) is 5.91 Å². The molecular formula is C23H33N3O2S. The second kappa shape index (κ2) is 10.8. The zero-order valence-corrected chi connectivity index (χ0v) is 18.3. The van der Waals surface area contributed by atoms with Crippen molar-refractivity contribution in [2.75, 3.05) is 26.2 Å². The molecule has 6 heteroatoms. The molecule has 0 spiro atoms. The van der Waals surface area contributed by atoms with Gasteiger partial charge in [-0.05, 0) is 57.0 Å². The minimum absolute atomic E-state index is 0.00487. The minimum atomic E-state index is -0.0135. The van der Waals surface area contributed by atoms with Crippen LogP contribution in [0.25, 0.3) is 6.08 Å². The Morgan fingerprint density at radius 3 is 2.72 bits per heavy atom. The van der Waals surface area contributed by atoms with Gasteiger partial charge in [0.25, 0.3) is 5.91 Å². The highest BCUT2D eigenvalue weighted by atomic mass is 32.2. The molecule has 2 fully saturated rings. The number of fused-ring (bicyclic) bond motifs is 1. The molecule has 2 aliphatic rings. The van der Waals surface area contributed by atoms with Crippen LogP contribution >= 0.6 is 11.8 Å². The Labute approximate surface area is 178 Å². The first kappa shape index (κ1) is 21.9. The van der Waals surface area contributed by atoms with E-state index in [-0.39, 0.29) is 23.8 Å². The fraction of sp³-hybridized carbons (Fsp3) is 0.565. The summed E-state index contributed by atoms with van der Waals surface area (Å²) in [5, 5.41) is 6.62. The number of thioether (sulfide) groups is 1. The lowest BCUT2D eigenvalue weighted by Crippen LogP contribution is -2.51. The minimum Gasteiger partial charge on any atom is -0.356 e. The van der Waals surface area contributed by atoms with Crippen LogP contribution in [-0.2, 0) is 9.59 Å². The fourth-order valence-electron chi connectivity index (χ4n) is 4.13. The van der Waals surface area contributed by atoms with E-state index in [2.05, 4.69) is 29.4 Å². The lowest BCUT2D eigenvalue weighted by Gasteiger charge is -2.39. The third kappa shape index (κ3) is 6.09. The summed E-state index contributed by atoms with van der Waals surface area (Å²) >= 11 is 1.67. The van der Waals surface area contributed by atoms with Crippen LogP contribution in [-0.4, -0.2) is 54.2 Å². The quantitative estimate of drug-likeness (QED) is 0.505. The Morgan fingerprint density at radius 1 is 1.24 bits per heavy atom. The Hall–Kier alpha value is -1.79. The first-order chi connectivity index (χ1) is 14.1. The molecule has 1 aromatic rings. The number of hydrogen-bond donors (Lipinski definition) is 2. The Balaban J connectivity index is 1.47. The van der Waals surface area contributed by atoms with Crippen molar-refractivity contribution >= 4 is 29.7 Å². The van der Waals surface area contributed by atoms with Crippen LogP contribution in [0.15, 0.2) is 35.2 Å². The Morgan fingerprint density at radius 2 is 2.00 bits per heavy atom. The monoisotopic (exact) mass is 415 g/mol. The van der Waals surface area contributed by atoms with E-state index in [9.17, 15) is 9.59 Å². The van der Waals surface area contributed by atoms with E-state index in [1.807, 2.05) is 36.4 Å². The first-order valence-corrected chi connectivity index (χ1v) is 11.7. The van der Waals surface area contributed by atoms with E-state index < -0.39 is 0 Å². The molecule has 1 saturated carbocycles. The molecule has 29 heavy (non-hydrogen) atoms. The molecule has 1 aliphatic carbocycles. The van der Waals surface area contributed by atoms with Crippen molar-refractivity contribution in [3.05, 3.63) is 40.8 Å². The van der Waals surface area contributed by atoms with Crippen molar-refractivity contribution in [3.63, 3.8) is 0 Å². The lowest BCUT2D eigenvalue weighted by atomic mass is 9.84. The molecule has 0 radical (unpaired) electrons. The highest BCUT2D eigenvalue weighted by molar-refractivity contribution is 8.04. The number of rotatable bonds is 8. The van der Waals surface area contributed by atoms with Crippen molar-refractivity contribution in [2.45, 2.75) is 50.8 Å². The van der Waals surface area contributed by atoms with E-state index in [4.69, 9.17) is 0 Å². The van der Waals surface area contributed by atoms with E-state index in [1.165, 1.54) is 0 Å². The zero-order chi connectivity index (χ0) is 20.6. The van der Waals surface area contributed by atoms with Crippen LogP contribution in [0.5, 0.6) is 0 Å². The fourth-order valence-corrected chi connectivity index (χ4v) is 5.42. The molecule has 3 atom stereocenters. The van der Waals surface area contributed by atoms with Crippen molar-refractivity contribution in [2.24, 2.45) is 5.92 Å². The average Bonchev–Trinajstić information content (AvgIpc) is 2.74. The molecule has 5 nitrogen and oxygen atoms in total. The lowest BCUT2D eigenvalue weighted by molar-refractivity contribution is -0.127. The SMILES string of the molecule is CCN(CC)CCCNC(=O)C1CCC2S/C(=C\c3ccccc3)C(=O)NC2C1. The summed E-state index contributed by atoms with van der Waals surface area (Å²) in [5.74, 6) is 0.138. The maximum Gasteiger partial charge on any atom is 0.257 e. The molecule has 0 aromatic heterocycles. The van der Waals surface area contributed by atoms with Gasteiger partial charge in [-0.25, -0.2) is 0 Å². The summed E-state index contributed by atoms with van der Waals surface area (Å²) in [7, 11) is 0. The number of carbonyl (C=O) groups is 2. The molecule has 2 N–H and O–H groups in total. The molecule has 3 rings (SSSR count). The largest absolute Gasteiger partial charge is 0.356 e. The van der Waals surface area contributed by atoms with Gasteiger partial charge in [0.05, 0.1) is 4.91 Å². The summed E-state index contributed by atoms with van der Waals surface area (Å²) < 4.78 is 0. The smallest absolute Gasteiger partial charge is 0.257 e. The predicted molar refractivity (Wildman–Crippen MR) is 120 cm³/mol. The highest BCUT2D eigenvalue weighted by Crippen LogP contribution is 2.39. The summed E-state index contributed by atoms with van der Waals surface area (Å²) in [6.45, 7) is 8.17. The summed E-state index contributed by atoms with van der Waals surface area (Å²) in [4.78, 5) is 28.3. The average molecular weight is 416 g/mol. The van der Waals surface area contributed by atoms with Crippen molar-refractivity contribution in [1.29, 1.82) is 0 Å². The van der Waals surface area contributed by atoms with Crippen LogP contribution in [0, 0.1) is 5.92 Å². The first-order valence-electron chi connectivity index (χ1n) is 10.8. The van der Waals surface area contributed by atoms with Gasteiger partial charge in [-0.2, -0.15) is 0 Å². The van der Waals surface area contributed by atoms with E-state index in [0.717, 1.165) is 62.3 Å². The standard InChI is InChI=1S/C23H33N3O2S/c1-3-26(4-2)14-8-13-24-22(27)18-11-12-20-19(16-18)25-23(28)21(29-20)15-17-9-6-5-7-10-17/h5-7,9-10,15,18-20H,3-4,8,11-14,16H2,1-2H3,(H,24,27)(H,25,28)/b21-15-. The van der Waals surface area contributed by atoms with Crippen molar-refractivity contribution in [1.82, 2.24) is 15.5 Å². The molecular weight excluding hydrogens is 382 g/mol. The topological polar surface area (TPSA) is 61.4 Å². The maximum atomic E-state index is 12.6. The third-order valence-electron chi connectivity index (χ3n) is 5.92. The van der Waals surface area contributed by atoms with Gasteiger partial charge >= 0.3 is 0 Å². The Bertz CT molecular complexity index is 718. The van der Waals surface area contributed by atoms with E-state index >= 15 is 0 Å². The molecule has 1 heterocycles. The van der Waals surface area contributed by atoms with Gasteiger partial charge in [-0.3, -0.25) is 9.59 Å². The Kier molecular flexibility index (Phi) is 8.19. The second-order valence-corrected chi connectivity index (χ2v) is 9.12. The number of nitrogens with zero attached hydrogens (tertiary/aromatic N) is 1. The number of hydrogen-bond acceptors (Lipinski definition) is 4. The molecule has 2 amide bonds. The van der Waals surface area contributed by atoms with Gasteiger partial charge in [-0.1, -0.05) is 44.2 Å². The zero-order valence-electron chi connectivity index (χ0n) is 17.5. The number of amides is 2. The normalized spacial score (nSPS) is 25.6. The van der Waals surface area contributed by atoms with Crippen LogP contribution in [0.1, 0.15) is 45.1 Å². The van der Waals surface area contributed by atoms with Gasteiger partial charge in [-0.15, -0.1) is 11.8 Å². The van der Waals surface area contributed by atoms with Crippen LogP contribution in [0.4, 0.5) is 0 Å².